The standard InChI is InChI=1S/C16H21N3O3S/c1-11(2)14(16(20)19-9-5-6-10-19)17-15-12-7-3-4-8-13(12)23(21,22)18-15/h3-4,7-8,11,14H,5-6,9-10H2,1-2H3,(H,17,18)/t14-/m1/s1. The smallest absolute Gasteiger partial charge is 0.263 e. The van der Waals surface area contributed by atoms with Crippen molar-refractivity contribution in [2.45, 2.75) is 37.6 Å². The molecular weight excluding hydrogens is 314 g/mol. The molecule has 0 bridgehead atoms. The van der Waals surface area contributed by atoms with Crippen LogP contribution in [0.5, 0.6) is 0 Å². The second-order valence-corrected chi connectivity index (χ2v) is 7.95. The zero-order valence-electron chi connectivity index (χ0n) is 13.3. The van der Waals surface area contributed by atoms with Crippen molar-refractivity contribution in [3.05, 3.63) is 29.8 Å². The number of carbonyl (C=O) groups is 1. The molecule has 1 aromatic carbocycles. The first-order valence-electron chi connectivity index (χ1n) is 7.89. The molecule has 0 aromatic heterocycles. The number of amides is 1. The van der Waals surface area contributed by atoms with Gasteiger partial charge in [0.1, 0.15) is 11.9 Å². The van der Waals surface area contributed by atoms with Crippen LogP contribution >= 0.6 is 0 Å². The molecular formula is C16H21N3O3S. The number of fused-ring (bicyclic) bond motifs is 1. The van der Waals surface area contributed by atoms with Crippen LogP contribution in [0.4, 0.5) is 0 Å². The van der Waals surface area contributed by atoms with E-state index < -0.39 is 16.1 Å². The highest BCUT2D eigenvalue weighted by molar-refractivity contribution is 7.90. The molecule has 0 unspecified atom stereocenters. The van der Waals surface area contributed by atoms with Gasteiger partial charge >= 0.3 is 0 Å². The van der Waals surface area contributed by atoms with Gasteiger partial charge in [0.2, 0.25) is 5.91 Å². The maximum absolute atomic E-state index is 12.7. The predicted molar refractivity (Wildman–Crippen MR) is 87.7 cm³/mol. The molecule has 6 nitrogen and oxygen atoms in total. The van der Waals surface area contributed by atoms with Crippen molar-refractivity contribution >= 4 is 21.8 Å². The fraction of sp³-hybridized carbons (Fsp3) is 0.500. The summed E-state index contributed by atoms with van der Waals surface area (Å²) in [6, 6.07) is 6.13. The van der Waals surface area contributed by atoms with Crippen LogP contribution in [0.2, 0.25) is 0 Å². The Morgan fingerprint density at radius 2 is 1.87 bits per heavy atom. The highest BCUT2D eigenvalue weighted by Gasteiger charge is 2.34. The summed E-state index contributed by atoms with van der Waals surface area (Å²) in [5.41, 5.74) is 0.535. The number of hydrogen-bond acceptors (Lipinski definition) is 4. The first-order chi connectivity index (χ1) is 10.9. The van der Waals surface area contributed by atoms with Crippen LogP contribution in [0, 0.1) is 5.92 Å². The summed E-state index contributed by atoms with van der Waals surface area (Å²) in [5.74, 6) is 0.244. The molecule has 1 atom stereocenters. The fourth-order valence-electron chi connectivity index (χ4n) is 2.98. The molecule has 1 amide bonds. The highest BCUT2D eigenvalue weighted by Crippen LogP contribution is 2.24. The Labute approximate surface area is 136 Å². The number of nitrogens with zero attached hydrogens (tertiary/aromatic N) is 2. The number of rotatable bonds is 3. The van der Waals surface area contributed by atoms with E-state index in [1.165, 1.54) is 0 Å². The lowest BCUT2D eigenvalue weighted by Crippen LogP contribution is -2.40. The number of nitrogens with one attached hydrogen (secondary N) is 1. The summed E-state index contributed by atoms with van der Waals surface area (Å²) in [5, 5.41) is 0. The van der Waals surface area contributed by atoms with Crippen LogP contribution in [0.1, 0.15) is 32.3 Å². The van der Waals surface area contributed by atoms with Crippen molar-refractivity contribution < 1.29 is 13.2 Å². The molecule has 1 N–H and O–H groups in total. The van der Waals surface area contributed by atoms with Gasteiger partial charge in [0.15, 0.2) is 0 Å². The lowest BCUT2D eigenvalue weighted by molar-refractivity contribution is -0.132. The van der Waals surface area contributed by atoms with Crippen molar-refractivity contribution in [1.29, 1.82) is 0 Å². The fourth-order valence-corrected chi connectivity index (χ4v) is 4.22. The monoisotopic (exact) mass is 335 g/mol. The number of likely N-dealkylation sites (tertiary alicyclic amines) is 1. The molecule has 0 saturated carbocycles. The minimum atomic E-state index is -3.58. The Morgan fingerprint density at radius 1 is 1.22 bits per heavy atom. The zero-order valence-corrected chi connectivity index (χ0v) is 14.1. The van der Waals surface area contributed by atoms with E-state index in [1.807, 2.05) is 18.7 Å². The molecule has 124 valence electrons. The van der Waals surface area contributed by atoms with E-state index in [1.54, 1.807) is 24.3 Å². The Bertz CT molecular complexity index is 750. The van der Waals surface area contributed by atoms with E-state index in [0.717, 1.165) is 25.9 Å². The zero-order chi connectivity index (χ0) is 16.6. The quantitative estimate of drug-likeness (QED) is 0.906. The maximum Gasteiger partial charge on any atom is 0.263 e. The van der Waals surface area contributed by atoms with Crippen LogP contribution in [0.3, 0.4) is 0 Å². The lowest BCUT2D eigenvalue weighted by atomic mass is 10.0. The molecule has 7 heteroatoms. The van der Waals surface area contributed by atoms with Crippen LogP contribution < -0.4 is 4.72 Å². The third-order valence-electron chi connectivity index (χ3n) is 4.23. The Morgan fingerprint density at radius 3 is 2.52 bits per heavy atom. The van der Waals surface area contributed by atoms with Crippen LogP contribution in [-0.4, -0.2) is 44.2 Å². The molecule has 3 rings (SSSR count). The summed E-state index contributed by atoms with van der Waals surface area (Å²) >= 11 is 0. The Balaban J connectivity index is 1.97. The van der Waals surface area contributed by atoms with E-state index in [0.29, 0.717) is 5.56 Å². The summed E-state index contributed by atoms with van der Waals surface area (Å²) < 4.78 is 26.8. The molecule has 0 radical (unpaired) electrons. The molecule has 0 aliphatic carbocycles. The van der Waals surface area contributed by atoms with Crippen molar-refractivity contribution in [2.24, 2.45) is 10.9 Å². The van der Waals surface area contributed by atoms with E-state index >= 15 is 0 Å². The number of aliphatic imine (C=N–C) groups is 1. The molecule has 2 heterocycles. The average molecular weight is 335 g/mol. The number of carbonyl (C=O) groups excluding carboxylic acids is 1. The van der Waals surface area contributed by atoms with Gasteiger partial charge in [-0.1, -0.05) is 26.0 Å². The Hall–Kier alpha value is -1.89. The normalized spacial score (nSPS) is 22.2. The molecule has 0 spiro atoms. The van der Waals surface area contributed by atoms with Crippen LogP contribution in [0.25, 0.3) is 0 Å². The van der Waals surface area contributed by atoms with Crippen molar-refractivity contribution in [3.63, 3.8) is 0 Å². The number of sulfonamides is 1. The minimum absolute atomic E-state index is 0.00661. The third-order valence-corrected chi connectivity index (χ3v) is 5.63. The second-order valence-electron chi connectivity index (χ2n) is 6.30. The molecule has 1 fully saturated rings. The SMILES string of the molecule is CC(C)[C@@H](N=C1NS(=O)(=O)c2ccccc21)C(=O)N1CCCC1. The molecule has 2 aliphatic rings. The number of hydrogen-bond donors (Lipinski definition) is 1. The Kier molecular flexibility index (Phi) is 4.14. The summed E-state index contributed by atoms with van der Waals surface area (Å²) in [4.78, 5) is 19.2. The van der Waals surface area contributed by atoms with Gasteiger partial charge < -0.3 is 4.90 Å². The summed E-state index contributed by atoms with van der Waals surface area (Å²) in [6.07, 6.45) is 2.03. The van der Waals surface area contributed by atoms with Gasteiger partial charge in [-0.25, -0.2) is 8.42 Å². The second kappa shape index (κ2) is 5.96. The largest absolute Gasteiger partial charge is 0.341 e. The van der Waals surface area contributed by atoms with Crippen molar-refractivity contribution in [1.82, 2.24) is 9.62 Å². The van der Waals surface area contributed by atoms with Crippen molar-refractivity contribution in [3.8, 4) is 0 Å². The van der Waals surface area contributed by atoms with Crippen molar-refractivity contribution in [2.75, 3.05) is 13.1 Å². The van der Waals surface area contributed by atoms with E-state index in [-0.39, 0.29) is 22.6 Å². The van der Waals surface area contributed by atoms with Gasteiger partial charge in [0, 0.05) is 18.7 Å². The first-order valence-corrected chi connectivity index (χ1v) is 9.37. The highest BCUT2D eigenvalue weighted by atomic mass is 32.2. The first kappa shape index (κ1) is 16.0. The third kappa shape index (κ3) is 2.97. The molecule has 1 saturated heterocycles. The maximum atomic E-state index is 12.7. The van der Waals surface area contributed by atoms with Gasteiger partial charge in [0.05, 0.1) is 4.90 Å². The predicted octanol–water partition coefficient (Wildman–Crippen LogP) is 1.37. The summed E-state index contributed by atoms with van der Waals surface area (Å²) in [7, 11) is -3.58. The topological polar surface area (TPSA) is 78.8 Å². The van der Waals surface area contributed by atoms with Gasteiger partial charge in [-0.2, -0.15) is 0 Å². The van der Waals surface area contributed by atoms with Crippen LogP contribution in [-0.2, 0) is 14.8 Å². The lowest BCUT2D eigenvalue weighted by Gasteiger charge is -2.23. The number of benzene rings is 1. The molecule has 1 aromatic rings. The van der Waals surface area contributed by atoms with Gasteiger partial charge in [-0.15, -0.1) is 0 Å². The minimum Gasteiger partial charge on any atom is -0.341 e. The van der Waals surface area contributed by atoms with E-state index in [9.17, 15) is 13.2 Å². The van der Waals surface area contributed by atoms with Gasteiger partial charge in [-0.3, -0.25) is 14.5 Å². The number of amidine groups is 1. The van der Waals surface area contributed by atoms with E-state index in [2.05, 4.69) is 9.71 Å². The van der Waals surface area contributed by atoms with Gasteiger partial charge in [-0.05, 0) is 30.9 Å². The van der Waals surface area contributed by atoms with E-state index in [4.69, 9.17) is 0 Å². The molecule has 2 aliphatic heterocycles. The summed E-state index contributed by atoms with van der Waals surface area (Å²) in [6.45, 7) is 5.38. The average Bonchev–Trinajstić information content (AvgIpc) is 3.12. The molecule has 23 heavy (non-hydrogen) atoms. The van der Waals surface area contributed by atoms with Crippen LogP contribution in [0.15, 0.2) is 34.2 Å². The van der Waals surface area contributed by atoms with Gasteiger partial charge in [0.25, 0.3) is 10.0 Å².